The summed E-state index contributed by atoms with van der Waals surface area (Å²) in [4.78, 5) is 26.9. The normalized spacial score (nSPS) is 22.5. The highest BCUT2D eigenvalue weighted by atomic mass is 32.1. The van der Waals surface area contributed by atoms with E-state index in [0.29, 0.717) is 23.0 Å². The maximum absolute atomic E-state index is 12.5. The van der Waals surface area contributed by atoms with Crippen LogP contribution in [0.2, 0.25) is 0 Å². The average molecular weight is 351 g/mol. The van der Waals surface area contributed by atoms with Gasteiger partial charge >= 0.3 is 6.09 Å². The molecule has 2 amide bonds. The molecule has 1 saturated heterocycles. The molecule has 1 aliphatic carbocycles. The van der Waals surface area contributed by atoms with Gasteiger partial charge in [-0.25, -0.2) is 4.79 Å². The highest BCUT2D eigenvalue weighted by Crippen LogP contribution is 2.53. The quantitative estimate of drug-likeness (QED) is 0.855. The first-order chi connectivity index (χ1) is 11.1. The van der Waals surface area contributed by atoms with Crippen LogP contribution in [0, 0.1) is 0 Å². The lowest BCUT2D eigenvalue weighted by molar-refractivity contribution is 0.00384. The summed E-state index contributed by atoms with van der Waals surface area (Å²) in [5.74, 6) is -0.172. The van der Waals surface area contributed by atoms with Gasteiger partial charge in [0.25, 0.3) is 5.91 Å². The van der Waals surface area contributed by atoms with Crippen molar-refractivity contribution in [1.82, 2.24) is 4.90 Å². The third-order valence-electron chi connectivity index (χ3n) is 4.79. The third-order valence-corrected chi connectivity index (χ3v) is 5.92. The van der Waals surface area contributed by atoms with E-state index in [1.54, 1.807) is 0 Å². The van der Waals surface area contributed by atoms with E-state index in [1.165, 1.54) is 11.3 Å². The van der Waals surface area contributed by atoms with Crippen LogP contribution < -0.4 is 11.5 Å². The zero-order valence-electron chi connectivity index (χ0n) is 14.4. The molecule has 1 spiro atoms. The van der Waals surface area contributed by atoms with Gasteiger partial charge in [-0.1, -0.05) is 0 Å². The Morgan fingerprint density at radius 3 is 2.54 bits per heavy atom. The van der Waals surface area contributed by atoms with Gasteiger partial charge in [-0.05, 0) is 58.4 Å². The standard InChI is InChI=1S/C17H25N3O3S/c1-16(2,3)23-15(22)20-7-4-10(9-17(20)5-6-17)12-8-11(13(18)21)14(19)24-12/h8,10H,4-7,9,19H2,1-3H3,(H2,18,21)/t10-/m1/s1. The van der Waals surface area contributed by atoms with Gasteiger partial charge < -0.3 is 21.1 Å². The van der Waals surface area contributed by atoms with Crippen molar-refractivity contribution in [2.45, 2.75) is 63.5 Å². The van der Waals surface area contributed by atoms with Gasteiger partial charge in [0, 0.05) is 17.0 Å². The number of carbonyl (C=O) groups excluding carboxylic acids is 2. The molecular weight excluding hydrogens is 326 g/mol. The van der Waals surface area contributed by atoms with Crippen LogP contribution in [0.3, 0.4) is 0 Å². The number of primary amides is 1. The Labute approximate surface area is 146 Å². The van der Waals surface area contributed by atoms with E-state index >= 15 is 0 Å². The highest BCUT2D eigenvalue weighted by Gasteiger charge is 2.54. The van der Waals surface area contributed by atoms with Crippen LogP contribution in [0.4, 0.5) is 9.80 Å². The first-order valence-corrected chi connectivity index (χ1v) is 9.13. The summed E-state index contributed by atoms with van der Waals surface area (Å²) in [6.45, 7) is 6.33. The van der Waals surface area contributed by atoms with Gasteiger partial charge in [-0.3, -0.25) is 4.79 Å². The number of likely N-dealkylation sites (tertiary alicyclic amines) is 1. The summed E-state index contributed by atoms with van der Waals surface area (Å²) in [7, 11) is 0. The summed E-state index contributed by atoms with van der Waals surface area (Å²) in [6, 6.07) is 1.83. The molecule has 4 N–H and O–H groups in total. The number of piperidine rings is 1. The van der Waals surface area contributed by atoms with Crippen LogP contribution in [0.15, 0.2) is 6.07 Å². The number of hydrogen-bond donors (Lipinski definition) is 2. The molecule has 0 bridgehead atoms. The van der Waals surface area contributed by atoms with Crippen LogP contribution >= 0.6 is 11.3 Å². The lowest BCUT2D eigenvalue weighted by atomic mass is 9.88. The Morgan fingerprint density at radius 2 is 2.04 bits per heavy atom. The number of nitrogens with two attached hydrogens (primary N) is 2. The molecule has 2 aliphatic rings. The van der Waals surface area contributed by atoms with Crippen LogP contribution in [-0.4, -0.2) is 34.6 Å². The largest absolute Gasteiger partial charge is 0.444 e. The fourth-order valence-corrected chi connectivity index (χ4v) is 4.54. The number of nitrogens with zero attached hydrogens (tertiary/aromatic N) is 1. The van der Waals surface area contributed by atoms with E-state index in [-0.39, 0.29) is 11.6 Å². The monoisotopic (exact) mass is 351 g/mol. The number of anilines is 1. The van der Waals surface area contributed by atoms with Crippen molar-refractivity contribution in [3.8, 4) is 0 Å². The molecule has 1 atom stereocenters. The van der Waals surface area contributed by atoms with E-state index in [2.05, 4.69) is 0 Å². The van der Waals surface area contributed by atoms with E-state index in [9.17, 15) is 9.59 Å². The summed E-state index contributed by atoms with van der Waals surface area (Å²) in [5, 5.41) is 0.483. The molecular formula is C17H25N3O3S. The second-order valence-electron chi connectivity index (χ2n) is 7.84. The van der Waals surface area contributed by atoms with Gasteiger partial charge in [0.1, 0.15) is 5.60 Å². The molecule has 0 unspecified atom stereocenters. The number of thiophene rings is 1. The van der Waals surface area contributed by atoms with Crippen molar-refractivity contribution >= 4 is 28.3 Å². The van der Waals surface area contributed by atoms with E-state index < -0.39 is 11.5 Å². The minimum absolute atomic E-state index is 0.0864. The van der Waals surface area contributed by atoms with Crippen LogP contribution in [0.1, 0.15) is 67.6 Å². The zero-order chi connectivity index (χ0) is 17.7. The first kappa shape index (κ1) is 17.1. The fourth-order valence-electron chi connectivity index (χ4n) is 3.47. The second-order valence-corrected chi connectivity index (χ2v) is 8.95. The zero-order valence-corrected chi connectivity index (χ0v) is 15.2. The number of amides is 2. The summed E-state index contributed by atoms with van der Waals surface area (Å²) < 4.78 is 5.56. The van der Waals surface area contributed by atoms with E-state index in [4.69, 9.17) is 16.2 Å². The van der Waals surface area contributed by atoms with Crippen LogP contribution in [0.5, 0.6) is 0 Å². The van der Waals surface area contributed by atoms with Gasteiger partial charge in [-0.2, -0.15) is 0 Å². The molecule has 2 fully saturated rings. The lowest BCUT2D eigenvalue weighted by Crippen LogP contribution is -2.49. The lowest BCUT2D eigenvalue weighted by Gasteiger charge is -2.40. The number of ether oxygens (including phenoxy) is 1. The molecule has 6 nitrogen and oxygen atoms in total. The Bertz CT molecular complexity index is 673. The molecule has 132 valence electrons. The SMILES string of the molecule is CC(C)(C)OC(=O)N1CC[C@@H](c2cc(C(N)=O)c(N)s2)CC12CC2. The predicted molar refractivity (Wildman–Crippen MR) is 94.1 cm³/mol. The number of nitrogen functional groups attached to an aromatic ring is 1. The maximum Gasteiger partial charge on any atom is 0.410 e. The number of hydrogen-bond acceptors (Lipinski definition) is 5. The molecule has 1 saturated carbocycles. The van der Waals surface area contributed by atoms with E-state index in [1.807, 2.05) is 31.7 Å². The molecule has 24 heavy (non-hydrogen) atoms. The molecule has 1 aromatic heterocycles. The molecule has 3 rings (SSSR count). The van der Waals surface area contributed by atoms with Crippen LogP contribution in [-0.2, 0) is 4.74 Å². The first-order valence-electron chi connectivity index (χ1n) is 8.31. The maximum atomic E-state index is 12.5. The molecule has 0 aromatic carbocycles. The predicted octanol–water partition coefficient (Wildman–Crippen LogP) is 3.08. The minimum Gasteiger partial charge on any atom is -0.444 e. The number of rotatable bonds is 2. The van der Waals surface area contributed by atoms with Gasteiger partial charge in [0.2, 0.25) is 0 Å². The molecule has 7 heteroatoms. The average Bonchev–Trinajstić information content (AvgIpc) is 3.07. The molecule has 1 aromatic rings. The van der Waals surface area contributed by atoms with E-state index in [0.717, 1.165) is 30.6 Å². The molecule has 0 radical (unpaired) electrons. The van der Waals surface area contributed by atoms with Gasteiger partial charge in [0.15, 0.2) is 0 Å². The van der Waals surface area contributed by atoms with Crippen molar-refractivity contribution in [2.24, 2.45) is 5.73 Å². The van der Waals surface area contributed by atoms with Crippen molar-refractivity contribution in [2.75, 3.05) is 12.3 Å². The smallest absolute Gasteiger partial charge is 0.410 e. The summed E-state index contributed by atoms with van der Waals surface area (Å²) in [5.41, 5.74) is 11.1. The highest BCUT2D eigenvalue weighted by molar-refractivity contribution is 7.16. The van der Waals surface area contributed by atoms with Gasteiger partial charge in [0.05, 0.1) is 10.6 Å². The summed E-state index contributed by atoms with van der Waals surface area (Å²) >= 11 is 1.44. The third kappa shape index (κ3) is 3.22. The van der Waals surface area contributed by atoms with Crippen molar-refractivity contribution < 1.29 is 14.3 Å². The Balaban J connectivity index is 1.74. The Hall–Kier alpha value is -1.76. The Morgan fingerprint density at radius 1 is 1.38 bits per heavy atom. The van der Waals surface area contributed by atoms with Crippen molar-refractivity contribution in [1.29, 1.82) is 0 Å². The number of carbonyl (C=O) groups is 2. The molecule has 2 heterocycles. The van der Waals surface area contributed by atoms with Crippen molar-refractivity contribution in [3.63, 3.8) is 0 Å². The summed E-state index contributed by atoms with van der Waals surface area (Å²) in [6.07, 6.45) is 3.53. The van der Waals surface area contributed by atoms with Crippen LogP contribution in [0.25, 0.3) is 0 Å². The van der Waals surface area contributed by atoms with Gasteiger partial charge in [-0.15, -0.1) is 11.3 Å². The molecule has 1 aliphatic heterocycles. The topological polar surface area (TPSA) is 98.6 Å². The van der Waals surface area contributed by atoms with Crippen molar-refractivity contribution in [3.05, 3.63) is 16.5 Å². The second kappa shape index (κ2) is 5.65. The Kier molecular flexibility index (Phi) is 4.02. The minimum atomic E-state index is -0.484. The fraction of sp³-hybridized carbons (Fsp3) is 0.647.